The van der Waals surface area contributed by atoms with Crippen molar-refractivity contribution in [3.63, 3.8) is 0 Å². The summed E-state index contributed by atoms with van der Waals surface area (Å²) in [5.74, 6) is 0.989. The van der Waals surface area contributed by atoms with Gasteiger partial charge in [-0.1, -0.05) is 20.3 Å². The van der Waals surface area contributed by atoms with E-state index in [4.69, 9.17) is 0 Å². The number of piperidine rings is 1. The standard InChI is InChI=1S/C14H26N4O2S/c1-3-13-15-10-14(17-13)21(19,20)16-9-12(2)11-18-7-5-4-6-8-18/h10,12,16H,3-9,11H2,1-2H3,(H,15,17). The van der Waals surface area contributed by atoms with Gasteiger partial charge >= 0.3 is 0 Å². The van der Waals surface area contributed by atoms with Crippen LogP contribution in [0, 0.1) is 5.92 Å². The number of hydrogen-bond acceptors (Lipinski definition) is 4. The summed E-state index contributed by atoms with van der Waals surface area (Å²) in [6, 6.07) is 0. The van der Waals surface area contributed by atoms with Crippen molar-refractivity contribution in [1.82, 2.24) is 19.6 Å². The second-order valence-electron chi connectivity index (χ2n) is 5.87. The fourth-order valence-corrected chi connectivity index (χ4v) is 3.74. The van der Waals surface area contributed by atoms with Gasteiger partial charge in [-0.15, -0.1) is 0 Å². The summed E-state index contributed by atoms with van der Waals surface area (Å²) in [5.41, 5.74) is 0. The van der Waals surface area contributed by atoms with E-state index in [1.165, 1.54) is 25.5 Å². The molecule has 2 heterocycles. The van der Waals surface area contributed by atoms with Gasteiger partial charge < -0.3 is 9.88 Å². The first-order chi connectivity index (χ1) is 10.0. The Labute approximate surface area is 127 Å². The van der Waals surface area contributed by atoms with Crippen LogP contribution in [0.5, 0.6) is 0 Å². The molecule has 1 unspecified atom stereocenters. The molecule has 21 heavy (non-hydrogen) atoms. The average Bonchev–Trinajstić information content (AvgIpc) is 2.96. The van der Waals surface area contributed by atoms with Gasteiger partial charge in [0.25, 0.3) is 10.0 Å². The van der Waals surface area contributed by atoms with Gasteiger partial charge in [0, 0.05) is 19.5 Å². The van der Waals surface area contributed by atoms with Gasteiger partial charge in [0.2, 0.25) is 0 Å². The number of aromatic amines is 1. The average molecular weight is 314 g/mol. The Morgan fingerprint density at radius 3 is 2.71 bits per heavy atom. The Kier molecular flexibility index (Phi) is 5.78. The number of rotatable bonds is 7. The van der Waals surface area contributed by atoms with Crippen LogP contribution in [0.1, 0.15) is 38.9 Å². The number of nitrogens with one attached hydrogen (secondary N) is 2. The Morgan fingerprint density at radius 1 is 1.38 bits per heavy atom. The molecule has 1 aliphatic rings. The molecule has 1 aliphatic heterocycles. The van der Waals surface area contributed by atoms with Crippen LogP contribution in [0.3, 0.4) is 0 Å². The van der Waals surface area contributed by atoms with Crippen molar-refractivity contribution in [2.75, 3.05) is 26.2 Å². The molecule has 7 heteroatoms. The number of aromatic nitrogens is 2. The second-order valence-corrected chi connectivity index (χ2v) is 7.60. The molecular weight excluding hydrogens is 288 g/mol. The van der Waals surface area contributed by atoms with Gasteiger partial charge in [-0.05, 0) is 31.8 Å². The molecule has 0 aliphatic carbocycles. The highest BCUT2D eigenvalue weighted by atomic mass is 32.2. The first-order valence-corrected chi connectivity index (χ1v) is 9.25. The van der Waals surface area contributed by atoms with E-state index < -0.39 is 10.0 Å². The SMILES string of the molecule is CCc1ncc(S(=O)(=O)NCC(C)CN2CCCCC2)[nH]1. The molecule has 1 fully saturated rings. The Morgan fingerprint density at radius 2 is 2.10 bits per heavy atom. The van der Waals surface area contributed by atoms with Crippen LogP contribution < -0.4 is 4.72 Å². The lowest BCUT2D eigenvalue weighted by atomic mass is 10.1. The van der Waals surface area contributed by atoms with Crippen molar-refractivity contribution in [3.8, 4) is 0 Å². The molecule has 0 spiro atoms. The Hall–Kier alpha value is -0.920. The van der Waals surface area contributed by atoms with E-state index in [1.54, 1.807) is 0 Å². The predicted molar refractivity (Wildman–Crippen MR) is 82.6 cm³/mol. The highest BCUT2D eigenvalue weighted by Crippen LogP contribution is 2.11. The van der Waals surface area contributed by atoms with Crippen LogP contribution in [-0.4, -0.2) is 49.5 Å². The van der Waals surface area contributed by atoms with Crippen molar-refractivity contribution < 1.29 is 8.42 Å². The van der Waals surface area contributed by atoms with Crippen molar-refractivity contribution in [1.29, 1.82) is 0 Å². The molecule has 1 atom stereocenters. The van der Waals surface area contributed by atoms with Crippen LogP contribution in [-0.2, 0) is 16.4 Å². The van der Waals surface area contributed by atoms with E-state index in [9.17, 15) is 8.42 Å². The van der Waals surface area contributed by atoms with E-state index in [1.807, 2.05) is 6.92 Å². The number of imidazole rings is 1. The van der Waals surface area contributed by atoms with Crippen molar-refractivity contribution in [2.45, 2.75) is 44.6 Å². The molecule has 2 rings (SSSR count). The van der Waals surface area contributed by atoms with E-state index in [0.717, 1.165) is 19.6 Å². The zero-order chi connectivity index (χ0) is 15.3. The Balaban J connectivity index is 1.83. The Bertz CT molecular complexity index is 535. The summed E-state index contributed by atoms with van der Waals surface area (Å²) in [7, 11) is -3.47. The zero-order valence-corrected chi connectivity index (χ0v) is 13.7. The lowest BCUT2D eigenvalue weighted by Crippen LogP contribution is -2.38. The topological polar surface area (TPSA) is 78.1 Å². The molecule has 1 aromatic heterocycles. The quantitative estimate of drug-likeness (QED) is 0.797. The number of likely N-dealkylation sites (tertiary alicyclic amines) is 1. The highest BCUT2D eigenvalue weighted by Gasteiger charge is 2.19. The van der Waals surface area contributed by atoms with Gasteiger partial charge in [-0.2, -0.15) is 0 Å². The molecule has 0 amide bonds. The molecule has 0 saturated carbocycles. The maximum absolute atomic E-state index is 12.2. The molecule has 0 bridgehead atoms. The van der Waals surface area contributed by atoms with Gasteiger partial charge in [-0.3, -0.25) is 0 Å². The number of aryl methyl sites for hydroxylation is 1. The van der Waals surface area contributed by atoms with Crippen LogP contribution in [0.4, 0.5) is 0 Å². The third kappa shape index (κ3) is 4.79. The fraction of sp³-hybridized carbons (Fsp3) is 0.786. The van der Waals surface area contributed by atoms with Crippen LogP contribution in [0.25, 0.3) is 0 Å². The van der Waals surface area contributed by atoms with Gasteiger partial charge in [0.1, 0.15) is 5.82 Å². The molecule has 0 aromatic carbocycles. The summed E-state index contributed by atoms with van der Waals surface area (Å²) < 4.78 is 27.0. The monoisotopic (exact) mass is 314 g/mol. The smallest absolute Gasteiger partial charge is 0.257 e. The third-order valence-corrected chi connectivity index (χ3v) is 5.20. The number of H-pyrrole nitrogens is 1. The fourth-order valence-electron chi connectivity index (χ4n) is 2.64. The summed E-state index contributed by atoms with van der Waals surface area (Å²) in [5, 5.41) is 0.157. The van der Waals surface area contributed by atoms with E-state index in [0.29, 0.717) is 24.7 Å². The van der Waals surface area contributed by atoms with Crippen molar-refractivity contribution >= 4 is 10.0 Å². The number of hydrogen-bond donors (Lipinski definition) is 2. The number of sulfonamides is 1. The molecule has 6 nitrogen and oxygen atoms in total. The lowest BCUT2D eigenvalue weighted by Gasteiger charge is -2.29. The van der Waals surface area contributed by atoms with Gasteiger partial charge in [0.05, 0.1) is 6.20 Å². The minimum absolute atomic E-state index is 0.157. The van der Waals surface area contributed by atoms with E-state index in [2.05, 4.69) is 26.5 Å². The molecule has 1 aromatic rings. The molecule has 120 valence electrons. The molecule has 1 saturated heterocycles. The normalized spacial score (nSPS) is 18.8. The summed E-state index contributed by atoms with van der Waals surface area (Å²) in [6.07, 6.45) is 5.91. The highest BCUT2D eigenvalue weighted by molar-refractivity contribution is 7.89. The van der Waals surface area contributed by atoms with Crippen LogP contribution >= 0.6 is 0 Å². The van der Waals surface area contributed by atoms with E-state index >= 15 is 0 Å². The number of nitrogens with zero attached hydrogens (tertiary/aromatic N) is 2. The summed E-state index contributed by atoms with van der Waals surface area (Å²) in [6.45, 7) is 7.70. The zero-order valence-electron chi connectivity index (χ0n) is 12.9. The second kappa shape index (κ2) is 7.38. The predicted octanol–water partition coefficient (Wildman–Crippen LogP) is 1.37. The van der Waals surface area contributed by atoms with Crippen molar-refractivity contribution in [3.05, 3.63) is 12.0 Å². The first kappa shape index (κ1) is 16.5. The van der Waals surface area contributed by atoms with Gasteiger partial charge in [-0.25, -0.2) is 18.1 Å². The van der Waals surface area contributed by atoms with E-state index in [-0.39, 0.29) is 5.03 Å². The van der Waals surface area contributed by atoms with Crippen molar-refractivity contribution in [2.24, 2.45) is 5.92 Å². The third-order valence-electron chi connectivity index (χ3n) is 3.87. The molecule has 2 N–H and O–H groups in total. The minimum atomic E-state index is -3.47. The van der Waals surface area contributed by atoms with Crippen LogP contribution in [0.2, 0.25) is 0 Å². The maximum Gasteiger partial charge on any atom is 0.257 e. The van der Waals surface area contributed by atoms with Gasteiger partial charge in [0.15, 0.2) is 5.03 Å². The molecular formula is C14H26N4O2S. The maximum atomic E-state index is 12.2. The summed E-state index contributed by atoms with van der Waals surface area (Å²) >= 11 is 0. The first-order valence-electron chi connectivity index (χ1n) is 7.77. The minimum Gasteiger partial charge on any atom is -0.332 e. The van der Waals surface area contributed by atoms with Crippen LogP contribution in [0.15, 0.2) is 11.2 Å². The lowest BCUT2D eigenvalue weighted by molar-refractivity contribution is 0.201. The summed E-state index contributed by atoms with van der Waals surface area (Å²) in [4.78, 5) is 9.30. The largest absolute Gasteiger partial charge is 0.332 e. The molecule has 0 radical (unpaired) electrons.